The van der Waals surface area contributed by atoms with E-state index in [0.717, 1.165) is 30.3 Å². The van der Waals surface area contributed by atoms with Crippen LogP contribution >= 0.6 is 0 Å². The highest BCUT2D eigenvalue weighted by Crippen LogP contribution is 2.06. The Morgan fingerprint density at radius 3 is 2.55 bits per heavy atom. The predicted molar refractivity (Wildman–Crippen MR) is 48.5 cm³/mol. The lowest BCUT2D eigenvalue weighted by molar-refractivity contribution is -0.104. The zero-order chi connectivity index (χ0) is 8.69. The van der Waals surface area contributed by atoms with Crippen LogP contribution in [0.1, 0.15) is 33.1 Å². The van der Waals surface area contributed by atoms with Gasteiger partial charge in [0, 0.05) is 5.57 Å². The van der Waals surface area contributed by atoms with Gasteiger partial charge in [0.2, 0.25) is 0 Å². The second-order valence-electron chi connectivity index (χ2n) is 2.70. The summed E-state index contributed by atoms with van der Waals surface area (Å²) in [5.41, 5.74) is 1.61. The minimum Gasteiger partial charge on any atom is -0.298 e. The highest BCUT2D eigenvalue weighted by molar-refractivity contribution is 5.79. The van der Waals surface area contributed by atoms with Crippen LogP contribution in [0.15, 0.2) is 23.8 Å². The summed E-state index contributed by atoms with van der Waals surface area (Å²) >= 11 is 0. The Bertz CT molecular complexity index is 166. The molecule has 0 rings (SSSR count). The highest BCUT2D eigenvalue weighted by atomic mass is 16.1. The van der Waals surface area contributed by atoms with Gasteiger partial charge < -0.3 is 0 Å². The molecule has 0 unspecified atom stereocenters. The van der Waals surface area contributed by atoms with Gasteiger partial charge in [-0.2, -0.15) is 0 Å². The standard InChI is InChI=1S/C10H16O/c1-4-5-6-7-10(8-11)9(2)3/h7-8H,2,4-6H2,1,3H3/b10-7-. The molecule has 0 saturated carbocycles. The van der Waals surface area contributed by atoms with E-state index in [9.17, 15) is 4.79 Å². The fourth-order valence-electron chi connectivity index (χ4n) is 0.785. The molecule has 1 heteroatoms. The molecule has 0 amide bonds. The van der Waals surface area contributed by atoms with Crippen molar-refractivity contribution in [3.05, 3.63) is 23.8 Å². The minimum atomic E-state index is 0.749. The summed E-state index contributed by atoms with van der Waals surface area (Å²) in [7, 11) is 0. The van der Waals surface area contributed by atoms with Gasteiger partial charge in [-0.05, 0) is 18.9 Å². The van der Waals surface area contributed by atoms with E-state index in [4.69, 9.17) is 0 Å². The first kappa shape index (κ1) is 10.2. The molecular weight excluding hydrogens is 136 g/mol. The van der Waals surface area contributed by atoms with Gasteiger partial charge in [-0.25, -0.2) is 0 Å². The van der Waals surface area contributed by atoms with Crippen LogP contribution in [0.2, 0.25) is 0 Å². The van der Waals surface area contributed by atoms with Crippen LogP contribution in [0.25, 0.3) is 0 Å². The van der Waals surface area contributed by atoms with Crippen LogP contribution in [0, 0.1) is 0 Å². The molecule has 0 atom stereocenters. The Hall–Kier alpha value is -0.850. The lowest BCUT2D eigenvalue weighted by Gasteiger charge is -1.96. The second-order valence-corrected chi connectivity index (χ2v) is 2.70. The van der Waals surface area contributed by atoms with E-state index in [1.54, 1.807) is 0 Å². The molecular formula is C10H16O. The third kappa shape index (κ3) is 4.54. The first-order valence-electron chi connectivity index (χ1n) is 4.03. The summed E-state index contributed by atoms with van der Waals surface area (Å²) < 4.78 is 0. The van der Waals surface area contributed by atoms with Crippen molar-refractivity contribution >= 4 is 6.29 Å². The summed E-state index contributed by atoms with van der Waals surface area (Å²) in [4.78, 5) is 10.4. The number of allylic oxidation sites excluding steroid dienone is 3. The lowest BCUT2D eigenvalue weighted by atomic mass is 10.1. The fourth-order valence-corrected chi connectivity index (χ4v) is 0.785. The molecule has 0 fully saturated rings. The molecule has 1 nitrogen and oxygen atoms in total. The average molecular weight is 152 g/mol. The third-order valence-electron chi connectivity index (χ3n) is 1.54. The molecule has 0 saturated heterocycles. The first-order valence-corrected chi connectivity index (χ1v) is 4.03. The van der Waals surface area contributed by atoms with Gasteiger partial charge in [0.25, 0.3) is 0 Å². The smallest absolute Gasteiger partial charge is 0.149 e. The maximum absolute atomic E-state index is 10.4. The van der Waals surface area contributed by atoms with Crippen LogP contribution in [0.5, 0.6) is 0 Å². The van der Waals surface area contributed by atoms with Crippen LogP contribution in [-0.2, 0) is 4.79 Å². The van der Waals surface area contributed by atoms with Crippen LogP contribution in [0.4, 0.5) is 0 Å². The Morgan fingerprint density at radius 2 is 2.18 bits per heavy atom. The van der Waals surface area contributed by atoms with E-state index in [0.29, 0.717) is 0 Å². The summed E-state index contributed by atoms with van der Waals surface area (Å²) in [6, 6.07) is 0. The molecule has 0 N–H and O–H groups in total. The first-order chi connectivity index (χ1) is 5.22. The van der Waals surface area contributed by atoms with Crippen molar-refractivity contribution in [2.45, 2.75) is 33.1 Å². The van der Waals surface area contributed by atoms with E-state index in [-0.39, 0.29) is 0 Å². The topological polar surface area (TPSA) is 17.1 Å². The fraction of sp³-hybridized carbons (Fsp3) is 0.500. The van der Waals surface area contributed by atoms with Gasteiger partial charge in [-0.1, -0.05) is 32.4 Å². The largest absolute Gasteiger partial charge is 0.298 e. The molecule has 0 aromatic heterocycles. The number of carbonyl (C=O) groups excluding carboxylic acids is 1. The van der Waals surface area contributed by atoms with Gasteiger partial charge >= 0.3 is 0 Å². The Balaban J connectivity index is 3.91. The van der Waals surface area contributed by atoms with Crippen molar-refractivity contribution in [2.24, 2.45) is 0 Å². The SMILES string of the molecule is C=C(C)/C(C=O)=C\CCCC. The molecule has 0 heterocycles. The van der Waals surface area contributed by atoms with Crippen LogP contribution in [0.3, 0.4) is 0 Å². The highest BCUT2D eigenvalue weighted by Gasteiger charge is 1.93. The summed E-state index contributed by atoms with van der Waals surface area (Å²) in [6.07, 6.45) is 6.12. The molecule has 0 aliphatic rings. The average Bonchev–Trinajstić information content (AvgIpc) is 1.97. The van der Waals surface area contributed by atoms with E-state index >= 15 is 0 Å². The molecule has 0 bridgehead atoms. The van der Waals surface area contributed by atoms with Crippen molar-refractivity contribution < 1.29 is 4.79 Å². The molecule has 0 spiro atoms. The Labute approximate surface area is 68.8 Å². The molecule has 0 aromatic carbocycles. The zero-order valence-electron chi connectivity index (χ0n) is 7.39. The van der Waals surface area contributed by atoms with E-state index in [1.165, 1.54) is 6.42 Å². The van der Waals surface area contributed by atoms with Gasteiger partial charge in [0.15, 0.2) is 0 Å². The van der Waals surface area contributed by atoms with Crippen molar-refractivity contribution in [3.8, 4) is 0 Å². The summed E-state index contributed by atoms with van der Waals surface area (Å²) in [5, 5.41) is 0. The zero-order valence-corrected chi connectivity index (χ0v) is 7.39. The van der Waals surface area contributed by atoms with E-state index in [2.05, 4.69) is 13.5 Å². The summed E-state index contributed by atoms with van der Waals surface area (Å²) in [6.45, 7) is 7.69. The number of carbonyl (C=O) groups is 1. The molecule has 0 aliphatic carbocycles. The predicted octanol–water partition coefficient (Wildman–Crippen LogP) is 2.88. The second kappa shape index (κ2) is 5.90. The molecule has 0 aliphatic heterocycles. The molecule has 0 radical (unpaired) electrons. The Kier molecular flexibility index (Phi) is 5.44. The van der Waals surface area contributed by atoms with Gasteiger partial charge in [0.1, 0.15) is 6.29 Å². The van der Waals surface area contributed by atoms with Crippen molar-refractivity contribution in [1.29, 1.82) is 0 Å². The van der Waals surface area contributed by atoms with Crippen molar-refractivity contribution in [3.63, 3.8) is 0 Å². The monoisotopic (exact) mass is 152 g/mol. The number of rotatable bonds is 5. The van der Waals surface area contributed by atoms with E-state index in [1.807, 2.05) is 13.0 Å². The normalized spacial score (nSPS) is 11.3. The van der Waals surface area contributed by atoms with Gasteiger partial charge in [0.05, 0.1) is 0 Å². The molecule has 0 aromatic rings. The lowest BCUT2D eigenvalue weighted by Crippen LogP contribution is -1.85. The molecule has 11 heavy (non-hydrogen) atoms. The van der Waals surface area contributed by atoms with Crippen LogP contribution in [-0.4, -0.2) is 6.29 Å². The van der Waals surface area contributed by atoms with Gasteiger partial charge in [-0.15, -0.1) is 0 Å². The maximum atomic E-state index is 10.4. The van der Waals surface area contributed by atoms with Crippen molar-refractivity contribution in [1.82, 2.24) is 0 Å². The number of hydrogen-bond donors (Lipinski definition) is 0. The number of unbranched alkanes of at least 4 members (excludes halogenated alkanes) is 2. The number of hydrogen-bond acceptors (Lipinski definition) is 1. The van der Waals surface area contributed by atoms with Gasteiger partial charge in [-0.3, -0.25) is 4.79 Å². The Morgan fingerprint density at radius 1 is 1.55 bits per heavy atom. The minimum absolute atomic E-state index is 0.749. The summed E-state index contributed by atoms with van der Waals surface area (Å²) in [5.74, 6) is 0. The number of aldehydes is 1. The van der Waals surface area contributed by atoms with Crippen molar-refractivity contribution in [2.75, 3.05) is 0 Å². The van der Waals surface area contributed by atoms with E-state index < -0.39 is 0 Å². The van der Waals surface area contributed by atoms with Crippen LogP contribution < -0.4 is 0 Å². The maximum Gasteiger partial charge on any atom is 0.149 e. The molecule has 62 valence electrons. The quantitative estimate of drug-likeness (QED) is 0.256. The third-order valence-corrected chi connectivity index (χ3v) is 1.54.